The van der Waals surface area contributed by atoms with Gasteiger partial charge in [0, 0.05) is 36.2 Å². The Bertz CT molecular complexity index is 710. The first kappa shape index (κ1) is 12.4. The van der Waals surface area contributed by atoms with Gasteiger partial charge in [-0.1, -0.05) is 0 Å². The molecule has 0 spiro atoms. The van der Waals surface area contributed by atoms with E-state index < -0.39 is 0 Å². The minimum absolute atomic E-state index is 0.757. The van der Waals surface area contributed by atoms with Crippen LogP contribution in [0.3, 0.4) is 0 Å². The Hall–Kier alpha value is -2.62. The lowest BCUT2D eigenvalue weighted by Gasteiger charge is -2.10. The molecule has 0 aliphatic carbocycles. The maximum atomic E-state index is 5.97. The number of nitrogen functional groups attached to an aromatic ring is 1. The van der Waals surface area contributed by atoms with Gasteiger partial charge >= 0.3 is 0 Å². The van der Waals surface area contributed by atoms with Gasteiger partial charge in [-0.25, -0.2) is 0 Å². The Kier molecular flexibility index (Phi) is 3.46. The average Bonchev–Trinajstić information content (AvgIpc) is 2.51. The van der Waals surface area contributed by atoms with E-state index in [9.17, 15) is 0 Å². The van der Waals surface area contributed by atoms with E-state index in [0.29, 0.717) is 0 Å². The zero-order chi connectivity index (χ0) is 13.8. The van der Waals surface area contributed by atoms with Crippen molar-refractivity contribution in [2.75, 3.05) is 17.6 Å². The van der Waals surface area contributed by atoms with Crippen molar-refractivity contribution in [1.29, 1.82) is 0 Å². The molecule has 0 aliphatic rings. The van der Waals surface area contributed by atoms with Crippen LogP contribution in [0, 0.1) is 0 Å². The fourth-order valence-electron chi connectivity index (χ4n) is 2.23. The Morgan fingerprint density at radius 2 is 1.85 bits per heavy atom. The van der Waals surface area contributed by atoms with Crippen LogP contribution in [0.15, 0.2) is 55.0 Å². The predicted molar refractivity (Wildman–Crippen MR) is 82.6 cm³/mol. The van der Waals surface area contributed by atoms with Gasteiger partial charge in [0.25, 0.3) is 0 Å². The summed E-state index contributed by atoms with van der Waals surface area (Å²) in [6.07, 6.45) is 6.36. The number of aromatic nitrogens is 2. The molecule has 0 saturated carbocycles. The highest BCUT2D eigenvalue weighted by Crippen LogP contribution is 2.26. The zero-order valence-corrected chi connectivity index (χ0v) is 11.1. The number of benzene rings is 1. The van der Waals surface area contributed by atoms with Crippen molar-refractivity contribution in [3.63, 3.8) is 0 Å². The first-order valence-electron chi connectivity index (χ1n) is 6.60. The highest BCUT2D eigenvalue weighted by atomic mass is 14.9. The van der Waals surface area contributed by atoms with E-state index >= 15 is 0 Å². The van der Waals surface area contributed by atoms with E-state index in [-0.39, 0.29) is 0 Å². The number of nitrogens with one attached hydrogen (secondary N) is 1. The Morgan fingerprint density at radius 3 is 2.70 bits per heavy atom. The van der Waals surface area contributed by atoms with E-state index in [1.54, 1.807) is 6.20 Å². The molecule has 3 N–H and O–H groups in total. The fraction of sp³-hybridized carbons (Fsp3) is 0.125. The van der Waals surface area contributed by atoms with Crippen LogP contribution < -0.4 is 11.1 Å². The summed E-state index contributed by atoms with van der Waals surface area (Å²) in [6, 6.07) is 11.9. The molecule has 0 saturated heterocycles. The second-order valence-corrected chi connectivity index (χ2v) is 4.63. The standard InChI is InChI=1S/C16H16N4/c17-14-3-4-15(16-13(14)2-1-8-20-16)19-11-7-12-5-9-18-10-6-12/h1-6,8-10,19H,7,11,17H2. The number of hydrogen-bond acceptors (Lipinski definition) is 4. The van der Waals surface area contributed by atoms with Crippen molar-refractivity contribution in [3.8, 4) is 0 Å². The Balaban J connectivity index is 1.77. The maximum absolute atomic E-state index is 5.97. The molecule has 0 fully saturated rings. The number of nitrogens with zero attached hydrogens (tertiary/aromatic N) is 2. The monoisotopic (exact) mass is 264 g/mol. The number of rotatable bonds is 4. The van der Waals surface area contributed by atoms with Crippen molar-refractivity contribution >= 4 is 22.3 Å². The molecule has 0 aliphatic heterocycles. The Morgan fingerprint density at radius 1 is 1.00 bits per heavy atom. The van der Waals surface area contributed by atoms with Crippen LogP contribution in [0.1, 0.15) is 5.56 Å². The third-order valence-electron chi connectivity index (χ3n) is 3.28. The van der Waals surface area contributed by atoms with Crippen LogP contribution in [0.5, 0.6) is 0 Å². The van der Waals surface area contributed by atoms with Gasteiger partial charge in [-0.3, -0.25) is 9.97 Å². The second kappa shape index (κ2) is 5.57. The third-order valence-corrected chi connectivity index (χ3v) is 3.28. The molecule has 0 amide bonds. The molecule has 4 nitrogen and oxygen atoms in total. The average molecular weight is 264 g/mol. The molecule has 1 aromatic carbocycles. The summed E-state index contributed by atoms with van der Waals surface area (Å²) in [5.41, 5.74) is 9.93. The number of hydrogen-bond donors (Lipinski definition) is 2. The third kappa shape index (κ3) is 2.54. The van der Waals surface area contributed by atoms with Gasteiger partial charge in [-0.05, 0) is 48.4 Å². The summed E-state index contributed by atoms with van der Waals surface area (Å²) in [7, 11) is 0. The molecule has 100 valence electrons. The molecule has 20 heavy (non-hydrogen) atoms. The molecule has 0 bridgehead atoms. The van der Waals surface area contributed by atoms with E-state index in [4.69, 9.17) is 5.73 Å². The minimum atomic E-state index is 0.757. The lowest BCUT2D eigenvalue weighted by Crippen LogP contribution is -2.06. The summed E-state index contributed by atoms with van der Waals surface area (Å²) >= 11 is 0. The van der Waals surface area contributed by atoms with Gasteiger partial charge in [0.2, 0.25) is 0 Å². The molecule has 3 aromatic rings. The van der Waals surface area contributed by atoms with Crippen LogP contribution in [0.25, 0.3) is 10.9 Å². The van der Waals surface area contributed by atoms with E-state index in [0.717, 1.165) is 35.2 Å². The molecule has 0 atom stereocenters. The van der Waals surface area contributed by atoms with Crippen molar-refractivity contribution in [3.05, 3.63) is 60.6 Å². The molecular weight excluding hydrogens is 248 g/mol. The maximum Gasteiger partial charge on any atom is 0.0953 e. The van der Waals surface area contributed by atoms with Gasteiger partial charge in [0.05, 0.1) is 11.2 Å². The molecular formula is C16H16N4. The van der Waals surface area contributed by atoms with Crippen LogP contribution in [0.2, 0.25) is 0 Å². The van der Waals surface area contributed by atoms with Gasteiger partial charge in [0.1, 0.15) is 0 Å². The summed E-state index contributed by atoms with van der Waals surface area (Å²) in [5, 5.41) is 4.41. The van der Waals surface area contributed by atoms with Gasteiger partial charge in [-0.2, -0.15) is 0 Å². The Labute approximate surface area is 117 Å². The highest BCUT2D eigenvalue weighted by molar-refractivity contribution is 5.98. The van der Waals surface area contributed by atoms with Crippen molar-refractivity contribution in [2.45, 2.75) is 6.42 Å². The SMILES string of the molecule is Nc1ccc(NCCc2ccncc2)c2ncccc12. The first-order chi connectivity index (χ1) is 9.84. The van der Waals surface area contributed by atoms with Gasteiger partial charge in [0.15, 0.2) is 0 Å². The highest BCUT2D eigenvalue weighted by Gasteiger charge is 2.04. The van der Waals surface area contributed by atoms with Gasteiger partial charge in [-0.15, -0.1) is 0 Å². The first-order valence-corrected chi connectivity index (χ1v) is 6.60. The summed E-state index contributed by atoms with van der Waals surface area (Å²) < 4.78 is 0. The molecule has 4 heteroatoms. The summed E-state index contributed by atoms with van der Waals surface area (Å²) in [6.45, 7) is 0.847. The summed E-state index contributed by atoms with van der Waals surface area (Å²) in [4.78, 5) is 8.43. The van der Waals surface area contributed by atoms with E-state index in [2.05, 4.69) is 15.3 Å². The second-order valence-electron chi connectivity index (χ2n) is 4.63. The number of fused-ring (bicyclic) bond motifs is 1. The van der Waals surface area contributed by atoms with Gasteiger partial charge < -0.3 is 11.1 Å². The molecule has 2 aromatic heterocycles. The van der Waals surface area contributed by atoms with Crippen molar-refractivity contribution < 1.29 is 0 Å². The van der Waals surface area contributed by atoms with Crippen molar-refractivity contribution in [2.24, 2.45) is 0 Å². The lowest BCUT2D eigenvalue weighted by atomic mass is 10.1. The van der Waals surface area contributed by atoms with Crippen LogP contribution in [0.4, 0.5) is 11.4 Å². The quantitative estimate of drug-likeness (QED) is 0.711. The summed E-state index contributed by atoms with van der Waals surface area (Å²) in [5.74, 6) is 0. The normalized spacial score (nSPS) is 10.6. The van der Waals surface area contributed by atoms with Crippen LogP contribution in [-0.4, -0.2) is 16.5 Å². The molecule has 3 rings (SSSR count). The van der Waals surface area contributed by atoms with Crippen molar-refractivity contribution in [1.82, 2.24) is 9.97 Å². The van der Waals surface area contributed by atoms with Crippen LogP contribution >= 0.6 is 0 Å². The van der Waals surface area contributed by atoms with Crippen LogP contribution in [-0.2, 0) is 6.42 Å². The predicted octanol–water partition coefficient (Wildman–Crippen LogP) is 2.87. The number of nitrogens with two attached hydrogens (primary N) is 1. The topological polar surface area (TPSA) is 63.8 Å². The zero-order valence-electron chi connectivity index (χ0n) is 11.1. The fourth-order valence-corrected chi connectivity index (χ4v) is 2.23. The molecule has 0 unspecified atom stereocenters. The van der Waals surface area contributed by atoms with E-state index in [1.165, 1.54) is 5.56 Å². The number of pyridine rings is 2. The molecule has 2 heterocycles. The lowest BCUT2D eigenvalue weighted by molar-refractivity contribution is 1.01. The number of anilines is 2. The minimum Gasteiger partial charge on any atom is -0.398 e. The van der Waals surface area contributed by atoms with E-state index in [1.807, 2.05) is 48.8 Å². The smallest absolute Gasteiger partial charge is 0.0953 e. The largest absolute Gasteiger partial charge is 0.398 e. The molecule has 0 radical (unpaired) electrons.